The lowest BCUT2D eigenvalue weighted by Crippen LogP contribution is -2.39. The summed E-state index contributed by atoms with van der Waals surface area (Å²) in [6.07, 6.45) is 3.36. The molecule has 5 rings (SSSR count). The molecule has 1 atom stereocenters. The molecule has 0 spiro atoms. The number of rotatable bonds is 3. The molecule has 146 valence electrons. The van der Waals surface area contributed by atoms with Crippen LogP contribution < -0.4 is 4.74 Å². The van der Waals surface area contributed by atoms with Crippen molar-refractivity contribution in [2.75, 3.05) is 20.7 Å². The minimum absolute atomic E-state index is 0. The molecule has 1 saturated carbocycles. The summed E-state index contributed by atoms with van der Waals surface area (Å²) >= 11 is 0. The number of likely N-dealkylation sites (N-methyl/N-ethyl adjacent to an activating group) is 1. The van der Waals surface area contributed by atoms with E-state index < -0.39 is 0 Å². The molecule has 2 aliphatic rings. The molecule has 1 unspecified atom stereocenters. The normalized spacial score (nSPS) is 20.3. The molecule has 1 aliphatic heterocycles. The number of phenolic OH excluding ortho intramolecular Hbond substituents is 1. The van der Waals surface area contributed by atoms with E-state index in [2.05, 4.69) is 54.4 Å². The first-order chi connectivity index (χ1) is 13.1. The van der Waals surface area contributed by atoms with Gasteiger partial charge in [0.15, 0.2) is 11.5 Å². The van der Waals surface area contributed by atoms with Crippen molar-refractivity contribution >= 4 is 23.2 Å². The molecule has 4 heteroatoms. The molecule has 0 bridgehead atoms. The van der Waals surface area contributed by atoms with Crippen LogP contribution >= 0.6 is 12.4 Å². The van der Waals surface area contributed by atoms with Crippen LogP contribution in [0, 0.1) is 0 Å². The van der Waals surface area contributed by atoms with Crippen molar-refractivity contribution in [3.8, 4) is 11.5 Å². The van der Waals surface area contributed by atoms with Crippen molar-refractivity contribution in [2.24, 2.45) is 0 Å². The molecule has 28 heavy (non-hydrogen) atoms. The summed E-state index contributed by atoms with van der Waals surface area (Å²) in [6.45, 7) is 1.03. The number of aromatic hydroxyl groups is 1. The molecule has 1 aliphatic carbocycles. The maximum absolute atomic E-state index is 10.5. The van der Waals surface area contributed by atoms with Crippen molar-refractivity contribution in [1.29, 1.82) is 0 Å². The zero-order valence-electron chi connectivity index (χ0n) is 16.3. The fourth-order valence-electron chi connectivity index (χ4n) is 5.13. The number of phenols is 1. The van der Waals surface area contributed by atoms with Crippen LogP contribution in [-0.2, 0) is 11.8 Å². The third-order valence-corrected chi connectivity index (χ3v) is 6.55. The largest absolute Gasteiger partial charge is 0.504 e. The van der Waals surface area contributed by atoms with Crippen LogP contribution in [0.2, 0.25) is 0 Å². The second-order valence-corrected chi connectivity index (χ2v) is 8.04. The van der Waals surface area contributed by atoms with Crippen LogP contribution in [-0.4, -0.2) is 30.7 Å². The van der Waals surface area contributed by atoms with E-state index in [9.17, 15) is 5.11 Å². The Balaban J connectivity index is 0.00000192. The molecule has 0 aromatic heterocycles. The molecule has 1 N–H and O–H groups in total. The summed E-state index contributed by atoms with van der Waals surface area (Å²) in [7, 11) is 3.84. The number of hydrogen-bond donors (Lipinski definition) is 1. The summed E-state index contributed by atoms with van der Waals surface area (Å²) in [5, 5.41) is 13.1. The van der Waals surface area contributed by atoms with E-state index in [1.165, 1.54) is 40.3 Å². The number of halogens is 1. The van der Waals surface area contributed by atoms with Gasteiger partial charge in [-0.15, -0.1) is 12.4 Å². The van der Waals surface area contributed by atoms with Gasteiger partial charge in [-0.05, 0) is 65.9 Å². The standard InChI is InChI=1S/C24H25NO2.ClH/c1-25-13-10-17-14-22(27-2)21(26)15-19(17)23(25)24(11-12-24)20-9-5-7-16-6-3-4-8-18(16)20;/h3-9,14-15,23,26H,10-13H2,1-2H3;1H. The summed E-state index contributed by atoms with van der Waals surface area (Å²) in [4.78, 5) is 2.48. The summed E-state index contributed by atoms with van der Waals surface area (Å²) in [6, 6.07) is 19.6. The van der Waals surface area contributed by atoms with E-state index in [-0.39, 0.29) is 29.6 Å². The number of hydrogen-bond acceptors (Lipinski definition) is 3. The fourth-order valence-corrected chi connectivity index (χ4v) is 5.13. The Morgan fingerprint density at radius 1 is 1.07 bits per heavy atom. The first kappa shape index (κ1) is 19.1. The Hall–Kier alpha value is -2.23. The molecule has 0 amide bonds. The lowest BCUT2D eigenvalue weighted by molar-refractivity contribution is 0.187. The summed E-state index contributed by atoms with van der Waals surface area (Å²) < 4.78 is 5.35. The van der Waals surface area contributed by atoms with Gasteiger partial charge in [-0.3, -0.25) is 4.90 Å². The van der Waals surface area contributed by atoms with Crippen LogP contribution in [0.1, 0.15) is 35.6 Å². The molecule has 0 radical (unpaired) electrons. The quantitative estimate of drug-likeness (QED) is 0.658. The first-order valence-corrected chi connectivity index (χ1v) is 9.72. The predicted octanol–water partition coefficient (Wildman–Crippen LogP) is 5.24. The van der Waals surface area contributed by atoms with Gasteiger partial charge in [0.1, 0.15) is 0 Å². The van der Waals surface area contributed by atoms with Gasteiger partial charge in [0.2, 0.25) is 0 Å². The molecule has 0 saturated heterocycles. The van der Waals surface area contributed by atoms with Gasteiger partial charge >= 0.3 is 0 Å². The lowest BCUT2D eigenvalue weighted by atomic mass is 9.77. The SMILES string of the molecule is COc1cc2c(cc1O)C(C1(c3cccc4ccccc34)CC1)N(C)CC2.Cl. The van der Waals surface area contributed by atoms with Gasteiger partial charge < -0.3 is 9.84 Å². The second kappa shape index (κ2) is 6.98. The number of benzene rings is 3. The molecule has 3 aromatic carbocycles. The van der Waals surface area contributed by atoms with Gasteiger partial charge in [-0.2, -0.15) is 0 Å². The van der Waals surface area contributed by atoms with E-state index in [4.69, 9.17) is 4.74 Å². The molecular formula is C24H26ClNO2. The number of nitrogens with zero attached hydrogens (tertiary/aromatic N) is 1. The second-order valence-electron chi connectivity index (χ2n) is 8.04. The fraction of sp³-hybridized carbons (Fsp3) is 0.333. The van der Waals surface area contributed by atoms with Gasteiger partial charge in [0, 0.05) is 18.0 Å². The highest BCUT2D eigenvalue weighted by atomic mass is 35.5. The minimum atomic E-state index is 0. The molecule has 3 nitrogen and oxygen atoms in total. The molecule has 3 aromatic rings. The van der Waals surface area contributed by atoms with E-state index in [1.54, 1.807) is 7.11 Å². The molecular weight excluding hydrogens is 370 g/mol. The Morgan fingerprint density at radius 2 is 1.82 bits per heavy atom. The van der Waals surface area contributed by atoms with Crippen LogP contribution in [0.4, 0.5) is 0 Å². The lowest BCUT2D eigenvalue weighted by Gasteiger charge is -2.41. The minimum Gasteiger partial charge on any atom is -0.504 e. The van der Waals surface area contributed by atoms with Crippen molar-refractivity contribution in [1.82, 2.24) is 4.90 Å². The average molecular weight is 396 g/mol. The van der Waals surface area contributed by atoms with E-state index >= 15 is 0 Å². The van der Waals surface area contributed by atoms with Gasteiger partial charge in [-0.25, -0.2) is 0 Å². The van der Waals surface area contributed by atoms with Crippen LogP contribution in [0.3, 0.4) is 0 Å². The van der Waals surface area contributed by atoms with Crippen molar-refractivity contribution in [2.45, 2.75) is 30.7 Å². The van der Waals surface area contributed by atoms with Crippen molar-refractivity contribution in [3.63, 3.8) is 0 Å². The van der Waals surface area contributed by atoms with Gasteiger partial charge in [-0.1, -0.05) is 42.5 Å². The van der Waals surface area contributed by atoms with Gasteiger partial charge in [0.05, 0.1) is 7.11 Å². The first-order valence-electron chi connectivity index (χ1n) is 9.72. The van der Waals surface area contributed by atoms with Crippen molar-refractivity contribution < 1.29 is 9.84 Å². The maximum Gasteiger partial charge on any atom is 0.160 e. The zero-order chi connectivity index (χ0) is 18.6. The van der Waals surface area contributed by atoms with Crippen LogP contribution in [0.5, 0.6) is 11.5 Å². The zero-order valence-corrected chi connectivity index (χ0v) is 17.1. The van der Waals surface area contributed by atoms with Crippen molar-refractivity contribution in [3.05, 3.63) is 71.3 Å². The Kier molecular flexibility index (Phi) is 4.76. The number of methoxy groups -OCH3 is 1. The monoisotopic (exact) mass is 395 g/mol. The number of ether oxygens (including phenoxy) is 1. The number of fused-ring (bicyclic) bond motifs is 2. The van der Waals surface area contributed by atoms with E-state index in [1.807, 2.05) is 12.1 Å². The third-order valence-electron chi connectivity index (χ3n) is 6.55. The predicted molar refractivity (Wildman–Crippen MR) is 116 cm³/mol. The molecule has 1 heterocycles. The Bertz CT molecular complexity index is 1020. The Morgan fingerprint density at radius 3 is 2.57 bits per heavy atom. The average Bonchev–Trinajstić information content (AvgIpc) is 3.48. The smallest absolute Gasteiger partial charge is 0.160 e. The summed E-state index contributed by atoms with van der Waals surface area (Å²) in [5.41, 5.74) is 4.12. The van der Waals surface area contributed by atoms with E-state index in [0.29, 0.717) is 5.75 Å². The van der Waals surface area contributed by atoms with Crippen LogP contribution in [0.15, 0.2) is 54.6 Å². The third kappa shape index (κ3) is 2.76. The topological polar surface area (TPSA) is 32.7 Å². The van der Waals surface area contributed by atoms with E-state index in [0.717, 1.165) is 13.0 Å². The highest BCUT2D eigenvalue weighted by Gasteiger charge is 2.54. The highest BCUT2D eigenvalue weighted by Crippen LogP contribution is 2.61. The Labute approximate surface area is 172 Å². The molecule has 1 fully saturated rings. The van der Waals surface area contributed by atoms with Gasteiger partial charge in [0.25, 0.3) is 0 Å². The van der Waals surface area contributed by atoms with Crippen LogP contribution in [0.25, 0.3) is 10.8 Å². The summed E-state index contributed by atoms with van der Waals surface area (Å²) in [5.74, 6) is 0.817. The highest BCUT2D eigenvalue weighted by molar-refractivity contribution is 5.87. The maximum atomic E-state index is 10.5.